The molecule has 0 saturated heterocycles. The summed E-state index contributed by atoms with van der Waals surface area (Å²) in [6.45, 7) is 3.87. The zero-order chi connectivity index (χ0) is 26.2. The SMILES string of the molecule is C=CCCCCCCCCC1c2c(c3ccccc3c3ccccc23)-c2c1c1ccccc1c1ccccc21. The van der Waals surface area contributed by atoms with E-state index in [1.165, 1.54) is 99.2 Å². The van der Waals surface area contributed by atoms with Crippen molar-refractivity contribution in [2.45, 2.75) is 57.3 Å². The second kappa shape index (κ2) is 10.3. The average molecular weight is 505 g/mol. The first-order chi connectivity index (χ1) is 19.4. The van der Waals surface area contributed by atoms with Crippen LogP contribution in [-0.2, 0) is 0 Å². The largest absolute Gasteiger partial charge is 0.103 e. The van der Waals surface area contributed by atoms with Crippen LogP contribution < -0.4 is 0 Å². The molecule has 39 heavy (non-hydrogen) atoms. The molecule has 0 aromatic heterocycles. The fraction of sp³-hybridized carbons (Fsp3) is 0.231. The molecule has 0 fully saturated rings. The second-order valence-corrected chi connectivity index (χ2v) is 11.3. The van der Waals surface area contributed by atoms with Gasteiger partial charge >= 0.3 is 0 Å². The number of allylic oxidation sites excluding steroid dienone is 1. The van der Waals surface area contributed by atoms with Crippen LogP contribution in [0.25, 0.3) is 54.2 Å². The Hall–Kier alpha value is -3.90. The van der Waals surface area contributed by atoms with E-state index in [1.54, 1.807) is 11.1 Å². The number of rotatable bonds is 9. The Morgan fingerprint density at radius 2 is 0.795 bits per heavy atom. The summed E-state index contributed by atoms with van der Waals surface area (Å²) in [7, 11) is 0. The summed E-state index contributed by atoms with van der Waals surface area (Å²) >= 11 is 0. The third-order valence-corrected chi connectivity index (χ3v) is 9.04. The molecule has 0 radical (unpaired) electrons. The molecule has 0 bridgehead atoms. The summed E-state index contributed by atoms with van der Waals surface area (Å²) in [5.41, 5.74) is 6.09. The van der Waals surface area contributed by atoms with Gasteiger partial charge in [0.25, 0.3) is 0 Å². The van der Waals surface area contributed by atoms with Gasteiger partial charge in [-0.05, 0) is 84.6 Å². The molecule has 0 heterocycles. The van der Waals surface area contributed by atoms with E-state index < -0.39 is 0 Å². The van der Waals surface area contributed by atoms with Crippen molar-refractivity contribution in [2.24, 2.45) is 0 Å². The van der Waals surface area contributed by atoms with Gasteiger partial charge in [0, 0.05) is 5.92 Å². The van der Waals surface area contributed by atoms with Crippen molar-refractivity contribution >= 4 is 43.1 Å². The van der Waals surface area contributed by atoms with Crippen molar-refractivity contribution in [3.8, 4) is 11.1 Å². The second-order valence-electron chi connectivity index (χ2n) is 11.3. The van der Waals surface area contributed by atoms with E-state index in [-0.39, 0.29) is 0 Å². The predicted molar refractivity (Wildman–Crippen MR) is 171 cm³/mol. The van der Waals surface area contributed by atoms with Crippen LogP contribution in [0.3, 0.4) is 0 Å². The van der Waals surface area contributed by atoms with Crippen LogP contribution in [0.1, 0.15) is 68.4 Å². The van der Waals surface area contributed by atoms with Gasteiger partial charge in [0.05, 0.1) is 0 Å². The maximum atomic E-state index is 3.87. The molecule has 6 aromatic carbocycles. The lowest BCUT2D eigenvalue weighted by molar-refractivity contribution is 0.567. The third-order valence-electron chi connectivity index (χ3n) is 9.04. The molecule has 1 aliphatic rings. The molecule has 192 valence electrons. The molecule has 0 heteroatoms. The quantitative estimate of drug-likeness (QED) is 0.104. The van der Waals surface area contributed by atoms with Gasteiger partial charge in [0.1, 0.15) is 0 Å². The summed E-state index contributed by atoms with van der Waals surface area (Å²) in [4.78, 5) is 0. The van der Waals surface area contributed by atoms with Crippen molar-refractivity contribution in [2.75, 3.05) is 0 Å². The monoisotopic (exact) mass is 504 g/mol. The minimum Gasteiger partial charge on any atom is -0.103 e. The van der Waals surface area contributed by atoms with Gasteiger partial charge in [-0.3, -0.25) is 0 Å². The van der Waals surface area contributed by atoms with E-state index in [4.69, 9.17) is 0 Å². The van der Waals surface area contributed by atoms with E-state index in [1.807, 2.05) is 0 Å². The smallest absolute Gasteiger partial charge is 0.0114 e. The number of hydrogen-bond donors (Lipinski definition) is 0. The summed E-state index contributed by atoms with van der Waals surface area (Å²) in [5.74, 6) is 0.416. The number of benzene rings is 6. The van der Waals surface area contributed by atoms with Gasteiger partial charge in [0.15, 0.2) is 0 Å². The van der Waals surface area contributed by atoms with E-state index in [0.717, 1.165) is 6.42 Å². The highest BCUT2D eigenvalue weighted by atomic mass is 14.4. The lowest BCUT2D eigenvalue weighted by atomic mass is 9.84. The maximum Gasteiger partial charge on any atom is 0.0114 e. The van der Waals surface area contributed by atoms with Crippen LogP contribution in [0.4, 0.5) is 0 Å². The average Bonchev–Trinajstić information content (AvgIpc) is 3.35. The van der Waals surface area contributed by atoms with Crippen molar-refractivity contribution in [3.05, 3.63) is 121 Å². The maximum absolute atomic E-state index is 3.87. The molecule has 0 aliphatic heterocycles. The molecule has 7 rings (SSSR count). The highest BCUT2D eigenvalue weighted by Crippen LogP contribution is 2.57. The zero-order valence-electron chi connectivity index (χ0n) is 22.8. The number of hydrogen-bond acceptors (Lipinski definition) is 0. The van der Waals surface area contributed by atoms with Gasteiger partial charge in [-0.2, -0.15) is 0 Å². The Balaban J connectivity index is 1.44. The minimum atomic E-state index is 0.416. The molecule has 1 aliphatic carbocycles. The van der Waals surface area contributed by atoms with E-state index in [9.17, 15) is 0 Å². The first-order valence-corrected chi connectivity index (χ1v) is 14.9. The minimum absolute atomic E-state index is 0.416. The summed E-state index contributed by atoms with van der Waals surface area (Å²) < 4.78 is 0. The van der Waals surface area contributed by atoms with Crippen molar-refractivity contribution in [3.63, 3.8) is 0 Å². The van der Waals surface area contributed by atoms with Crippen LogP contribution in [0.2, 0.25) is 0 Å². The Kier molecular flexibility index (Phi) is 6.41. The van der Waals surface area contributed by atoms with Crippen LogP contribution in [0.5, 0.6) is 0 Å². The Bertz CT molecular complexity index is 1710. The van der Waals surface area contributed by atoms with Crippen LogP contribution in [0, 0.1) is 0 Å². The molecule has 0 nitrogen and oxygen atoms in total. The normalized spacial score (nSPS) is 12.9. The van der Waals surface area contributed by atoms with Crippen molar-refractivity contribution < 1.29 is 0 Å². The van der Waals surface area contributed by atoms with Crippen molar-refractivity contribution in [1.82, 2.24) is 0 Å². The van der Waals surface area contributed by atoms with E-state index in [0.29, 0.717) is 5.92 Å². The summed E-state index contributed by atoms with van der Waals surface area (Å²) in [6, 6.07) is 36.5. The fourth-order valence-electron chi connectivity index (χ4n) is 7.38. The standard InChI is InChI=1S/C39H36/c1-2-3-4-5-6-7-8-9-26-35-36-31-22-14-10-18-27(31)29-20-12-16-24-33(29)38(36)39-34-25-17-13-21-30(34)28-19-11-15-23-32(28)37(35)39/h2,10-25,35H,1,3-9,26H2. The molecule has 0 atom stereocenters. The first-order valence-electron chi connectivity index (χ1n) is 14.9. The predicted octanol–water partition coefficient (Wildman–Crippen LogP) is 11.7. The van der Waals surface area contributed by atoms with Crippen molar-refractivity contribution in [1.29, 1.82) is 0 Å². The van der Waals surface area contributed by atoms with Gasteiger partial charge in [-0.1, -0.05) is 135 Å². The number of unbranched alkanes of at least 4 members (excludes halogenated alkanes) is 6. The first kappa shape index (κ1) is 24.2. The zero-order valence-corrected chi connectivity index (χ0v) is 22.8. The summed E-state index contributed by atoms with van der Waals surface area (Å²) in [6.07, 6.45) is 12.3. The Labute approximate surface area is 232 Å². The molecule has 6 aromatic rings. The van der Waals surface area contributed by atoms with Crippen LogP contribution >= 0.6 is 0 Å². The molecule has 0 amide bonds. The third kappa shape index (κ3) is 3.97. The highest BCUT2D eigenvalue weighted by Gasteiger charge is 2.35. The van der Waals surface area contributed by atoms with E-state index in [2.05, 4.69) is 110 Å². The molecule has 0 spiro atoms. The summed E-state index contributed by atoms with van der Waals surface area (Å²) in [5, 5.41) is 11.2. The van der Waals surface area contributed by atoms with E-state index >= 15 is 0 Å². The Morgan fingerprint density at radius 1 is 0.436 bits per heavy atom. The molecular formula is C39H36. The lowest BCUT2D eigenvalue weighted by Crippen LogP contribution is -2.00. The van der Waals surface area contributed by atoms with Gasteiger partial charge < -0.3 is 0 Å². The lowest BCUT2D eigenvalue weighted by Gasteiger charge is -2.19. The fourth-order valence-corrected chi connectivity index (χ4v) is 7.38. The van der Waals surface area contributed by atoms with Crippen LogP contribution in [-0.4, -0.2) is 0 Å². The van der Waals surface area contributed by atoms with Gasteiger partial charge in [-0.25, -0.2) is 0 Å². The topological polar surface area (TPSA) is 0 Å². The van der Waals surface area contributed by atoms with Crippen LogP contribution in [0.15, 0.2) is 110 Å². The molecule has 0 N–H and O–H groups in total. The van der Waals surface area contributed by atoms with Gasteiger partial charge in [0.2, 0.25) is 0 Å². The molecular weight excluding hydrogens is 468 g/mol. The number of fused-ring (bicyclic) bond motifs is 13. The van der Waals surface area contributed by atoms with Gasteiger partial charge in [-0.15, -0.1) is 6.58 Å². The highest BCUT2D eigenvalue weighted by molar-refractivity contribution is 6.25. The Morgan fingerprint density at radius 3 is 1.26 bits per heavy atom. The molecule has 0 saturated carbocycles. The molecule has 0 unspecified atom stereocenters.